The third kappa shape index (κ3) is 3.71. The summed E-state index contributed by atoms with van der Waals surface area (Å²) in [5, 5.41) is 10.7. The van der Waals surface area contributed by atoms with Crippen molar-refractivity contribution in [2.45, 2.75) is 82.8 Å². The van der Waals surface area contributed by atoms with E-state index in [-0.39, 0.29) is 29.6 Å². The highest BCUT2D eigenvalue weighted by Gasteiger charge is 2.26. The van der Waals surface area contributed by atoms with Crippen LogP contribution in [0, 0.1) is 0 Å². The smallest absolute Gasteiger partial charge is 0.331 e. The summed E-state index contributed by atoms with van der Waals surface area (Å²) in [6.07, 6.45) is 8.84. The predicted octanol–water partition coefficient (Wildman–Crippen LogP) is 1.83. The van der Waals surface area contributed by atoms with Gasteiger partial charge in [0.15, 0.2) is 0 Å². The van der Waals surface area contributed by atoms with Crippen molar-refractivity contribution in [3.8, 4) is 5.88 Å². The highest BCUT2D eigenvalue weighted by molar-refractivity contribution is 6.00. The lowest BCUT2D eigenvalue weighted by molar-refractivity contribution is 0.298. The molecule has 138 valence electrons. The second-order valence-electron chi connectivity index (χ2n) is 7.35. The van der Waals surface area contributed by atoms with Crippen molar-refractivity contribution in [3.05, 3.63) is 26.4 Å². The summed E-state index contributed by atoms with van der Waals surface area (Å²) >= 11 is 0. The first-order chi connectivity index (χ1) is 12.0. The maximum absolute atomic E-state index is 12.3. The van der Waals surface area contributed by atoms with E-state index in [1.807, 2.05) is 0 Å². The Hall–Kier alpha value is -1.89. The minimum atomic E-state index is -0.583. The number of nitrogens with one attached hydrogen (secondary N) is 1. The van der Waals surface area contributed by atoms with Gasteiger partial charge in [-0.1, -0.05) is 32.1 Å². The minimum absolute atomic E-state index is 0.0193. The standard InChI is InChI=1S/C18H28N4O3/c1-11(20-14-10-6-5-9-13(14)19)15-16(23)21-18(25)22(17(15)24)12-7-3-2-4-8-12/h12-14,24H,2-10,19H2,1H3,(H,21,23,25)/t13-,14+/m1/s1. The third-order valence-corrected chi connectivity index (χ3v) is 5.56. The number of H-pyrrole nitrogens is 1. The van der Waals surface area contributed by atoms with Gasteiger partial charge in [-0.05, 0) is 32.6 Å². The van der Waals surface area contributed by atoms with E-state index >= 15 is 0 Å². The summed E-state index contributed by atoms with van der Waals surface area (Å²) in [7, 11) is 0. The number of hydrogen-bond donors (Lipinski definition) is 3. The molecule has 2 atom stereocenters. The number of hydrogen-bond acceptors (Lipinski definition) is 5. The molecule has 2 saturated carbocycles. The van der Waals surface area contributed by atoms with Crippen molar-refractivity contribution < 1.29 is 5.11 Å². The molecule has 0 aromatic carbocycles. The van der Waals surface area contributed by atoms with Gasteiger partial charge < -0.3 is 10.8 Å². The predicted molar refractivity (Wildman–Crippen MR) is 97.6 cm³/mol. The van der Waals surface area contributed by atoms with Crippen LogP contribution in [0.4, 0.5) is 0 Å². The molecule has 0 radical (unpaired) electrons. The Morgan fingerprint density at radius 3 is 2.44 bits per heavy atom. The highest BCUT2D eigenvalue weighted by Crippen LogP contribution is 2.30. The number of nitrogens with two attached hydrogens (primary N) is 1. The summed E-state index contributed by atoms with van der Waals surface area (Å²) in [5.41, 5.74) is 5.57. The molecule has 7 nitrogen and oxygen atoms in total. The molecule has 0 unspecified atom stereocenters. The summed E-state index contributed by atoms with van der Waals surface area (Å²) in [6.45, 7) is 1.71. The lowest BCUT2D eigenvalue weighted by Crippen LogP contribution is -2.38. The normalized spacial score (nSPS) is 25.9. The molecule has 0 amide bonds. The topological polar surface area (TPSA) is 113 Å². The van der Waals surface area contributed by atoms with Crippen molar-refractivity contribution in [3.63, 3.8) is 0 Å². The van der Waals surface area contributed by atoms with Gasteiger partial charge in [0.2, 0.25) is 5.88 Å². The maximum Gasteiger partial charge on any atom is 0.331 e. The Balaban J connectivity index is 2.00. The Labute approximate surface area is 147 Å². The number of aromatic hydroxyl groups is 1. The van der Waals surface area contributed by atoms with Crippen LogP contribution in [-0.2, 0) is 0 Å². The van der Waals surface area contributed by atoms with Crippen LogP contribution in [0.3, 0.4) is 0 Å². The minimum Gasteiger partial charge on any atom is -0.494 e. The molecule has 2 aliphatic rings. The van der Waals surface area contributed by atoms with E-state index in [4.69, 9.17) is 5.73 Å². The van der Waals surface area contributed by atoms with Crippen LogP contribution in [0.2, 0.25) is 0 Å². The van der Waals surface area contributed by atoms with Crippen LogP contribution in [-0.4, -0.2) is 32.5 Å². The zero-order valence-electron chi connectivity index (χ0n) is 14.8. The van der Waals surface area contributed by atoms with Crippen LogP contribution in [0.15, 0.2) is 14.6 Å². The Morgan fingerprint density at radius 1 is 1.12 bits per heavy atom. The summed E-state index contributed by atoms with van der Waals surface area (Å²) in [6, 6.07) is -0.127. The molecule has 4 N–H and O–H groups in total. The van der Waals surface area contributed by atoms with Gasteiger partial charge in [-0.3, -0.25) is 19.3 Å². The second-order valence-corrected chi connectivity index (χ2v) is 7.35. The van der Waals surface area contributed by atoms with Crippen molar-refractivity contribution >= 4 is 5.71 Å². The van der Waals surface area contributed by atoms with Gasteiger partial charge in [0.1, 0.15) is 5.56 Å². The van der Waals surface area contributed by atoms with Crippen molar-refractivity contribution in [2.24, 2.45) is 10.7 Å². The Bertz CT molecular complexity index is 759. The SMILES string of the molecule is CC(=N[C@H]1CCCC[C@H]1N)c1c(O)n(C2CCCCC2)c(=O)[nH]c1=O. The molecule has 1 heterocycles. The molecular weight excluding hydrogens is 320 g/mol. The van der Waals surface area contributed by atoms with Crippen molar-refractivity contribution in [2.75, 3.05) is 0 Å². The fraction of sp³-hybridized carbons (Fsp3) is 0.722. The molecular formula is C18H28N4O3. The van der Waals surface area contributed by atoms with E-state index in [9.17, 15) is 14.7 Å². The molecule has 0 bridgehead atoms. The molecule has 1 aromatic heterocycles. The Kier molecular flexibility index (Phi) is 5.42. The molecule has 7 heteroatoms. The molecule has 0 spiro atoms. The largest absolute Gasteiger partial charge is 0.494 e. The van der Waals surface area contributed by atoms with Gasteiger partial charge in [-0.25, -0.2) is 4.79 Å². The van der Waals surface area contributed by atoms with Crippen LogP contribution < -0.4 is 17.0 Å². The van der Waals surface area contributed by atoms with E-state index in [1.54, 1.807) is 6.92 Å². The molecule has 1 aromatic rings. The number of aromatic nitrogens is 2. The fourth-order valence-corrected chi connectivity index (χ4v) is 4.16. The van der Waals surface area contributed by atoms with E-state index in [0.717, 1.165) is 57.8 Å². The quantitative estimate of drug-likeness (QED) is 0.723. The third-order valence-electron chi connectivity index (χ3n) is 5.56. The van der Waals surface area contributed by atoms with Gasteiger partial charge in [0.25, 0.3) is 5.56 Å². The van der Waals surface area contributed by atoms with Crippen molar-refractivity contribution in [1.82, 2.24) is 9.55 Å². The number of nitrogens with zero attached hydrogens (tertiary/aromatic N) is 2. The van der Waals surface area contributed by atoms with Crippen LogP contribution in [0.25, 0.3) is 0 Å². The first kappa shape index (κ1) is 17.9. The average Bonchev–Trinajstić information content (AvgIpc) is 2.57. The van der Waals surface area contributed by atoms with Gasteiger partial charge in [-0.2, -0.15) is 0 Å². The van der Waals surface area contributed by atoms with Crippen LogP contribution in [0.5, 0.6) is 5.88 Å². The first-order valence-electron chi connectivity index (χ1n) is 9.37. The monoisotopic (exact) mass is 348 g/mol. The lowest BCUT2D eigenvalue weighted by Gasteiger charge is -2.27. The van der Waals surface area contributed by atoms with Gasteiger partial charge in [0.05, 0.1) is 11.8 Å². The van der Waals surface area contributed by atoms with E-state index in [1.165, 1.54) is 4.57 Å². The zero-order chi connectivity index (χ0) is 18.0. The van der Waals surface area contributed by atoms with Crippen LogP contribution >= 0.6 is 0 Å². The van der Waals surface area contributed by atoms with Gasteiger partial charge >= 0.3 is 5.69 Å². The summed E-state index contributed by atoms with van der Waals surface area (Å²) < 4.78 is 1.34. The van der Waals surface area contributed by atoms with Gasteiger partial charge in [0, 0.05) is 12.1 Å². The highest BCUT2D eigenvalue weighted by atomic mass is 16.3. The first-order valence-corrected chi connectivity index (χ1v) is 9.37. The summed E-state index contributed by atoms with van der Waals surface area (Å²) in [5.74, 6) is -0.258. The molecule has 3 rings (SSSR count). The molecule has 2 fully saturated rings. The van der Waals surface area contributed by atoms with E-state index in [0.29, 0.717) is 5.71 Å². The molecule has 25 heavy (non-hydrogen) atoms. The van der Waals surface area contributed by atoms with Crippen molar-refractivity contribution in [1.29, 1.82) is 0 Å². The van der Waals surface area contributed by atoms with E-state index < -0.39 is 11.2 Å². The molecule has 0 saturated heterocycles. The number of rotatable bonds is 3. The number of aromatic amines is 1. The summed E-state index contributed by atoms with van der Waals surface area (Å²) in [4.78, 5) is 31.6. The number of aliphatic imine (C=N–C) groups is 1. The maximum atomic E-state index is 12.3. The second kappa shape index (κ2) is 7.56. The van der Waals surface area contributed by atoms with E-state index in [2.05, 4.69) is 9.98 Å². The molecule has 2 aliphatic carbocycles. The Morgan fingerprint density at radius 2 is 1.76 bits per heavy atom. The average molecular weight is 348 g/mol. The molecule has 0 aliphatic heterocycles. The van der Waals surface area contributed by atoms with Crippen LogP contribution in [0.1, 0.15) is 76.3 Å². The van der Waals surface area contributed by atoms with Gasteiger partial charge in [-0.15, -0.1) is 0 Å². The lowest BCUT2D eigenvalue weighted by atomic mass is 9.91. The fourth-order valence-electron chi connectivity index (χ4n) is 4.16. The zero-order valence-corrected chi connectivity index (χ0v) is 14.8.